The summed E-state index contributed by atoms with van der Waals surface area (Å²) in [5.41, 5.74) is 11.6. The van der Waals surface area contributed by atoms with Crippen molar-refractivity contribution in [1.29, 1.82) is 0 Å². The van der Waals surface area contributed by atoms with Gasteiger partial charge in [-0.2, -0.15) is 0 Å². The Hall–Kier alpha value is -1.67. The molecule has 1 heterocycles. The van der Waals surface area contributed by atoms with E-state index in [1.807, 2.05) is 6.07 Å². The van der Waals surface area contributed by atoms with Crippen LogP contribution in [0.15, 0.2) is 36.5 Å². The molecular formula is C14H16N2. The first kappa shape index (κ1) is 10.8. The van der Waals surface area contributed by atoms with Crippen molar-refractivity contribution >= 4 is 0 Å². The molecule has 0 atom stereocenters. The van der Waals surface area contributed by atoms with Gasteiger partial charge in [0.2, 0.25) is 0 Å². The second-order valence-electron chi connectivity index (χ2n) is 4.02. The predicted molar refractivity (Wildman–Crippen MR) is 67.0 cm³/mol. The van der Waals surface area contributed by atoms with Crippen molar-refractivity contribution in [2.24, 2.45) is 5.73 Å². The van der Waals surface area contributed by atoms with E-state index in [0.29, 0.717) is 6.54 Å². The van der Waals surface area contributed by atoms with Crippen LogP contribution in [0.5, 0.6) is 0 Å². The van der Waals surface area contributed by atoms with E-state index in [1.54, 1.807) is 6.20 Å². The van der Waals surface area contributed by atoms with Crippen molar-refractivity contribution < 1.29 is 0 Å². The molecule has 0 fully saturated rings. The third-order valence-electron chi connectivity index (χ3n) is 2.76. The van der Waals surface area contributed by atoms with Gasteiger partial charge in [0.25, 0.3) is 0 Å². The molecule has 2 heteroatoms. The third kappa shape index (κ3) is 1.97. The average molecular weight is 212 g/mol. The smallest absolute Gasteiger partial charge is 0.0617 e. The van der Waals surface area contributed by atoms with Crippen LogP contribution in [0.3, 0.4) is 0 Å². The number of pyridine rings is 1. The molecule has 0 saturated carbocycles. The summed E-state index contributed by atoms with van der Waals surface area (Å²) in [6.07, 6.45) is 1.79. The zero-order valence-corrected chi connectivity index (χ0v) is 9.70. The maximum absolute atomic E-state index is 5.71. The second kappa shape index (κ2) is 4.45. The summed E-state index contributed by atoms with van der Waals surface area (Å²) >= 11 is 0. The molecule has 2 aromatic rings. The molecule has 0 amide bonds. The van der Waals surface area contributed by atoms with Gasteiger partial charge in [0.15, 0.2) is 0 Å². The largest absolute Gasteiger partial charge is 0.325 e. The Morgan fingerprint density at radius 3 is 2.62 bits per heavy atom. The van der Waals surface area contributed by atoms with Crippen LogP contribution in [-0.2, 0) is 6.54 Å². The highest BCUT2D eigenvalue weighted by Gasteiger charge is 2.06. The van der Waals surface area contributed by atoms with E-state index in [2.05, 4.69) is 43.1 Å². The molecule has 0 aliphatic heterocycles. The van der Waals surface area contributed by atoms with Crippen LogP contribution in [0.25, 0.3) is 11.1 Å². The summed E-state index contributed by atoms with van der Waals surface area (Å²) in [4.78, 5) is 4.31. The third-order valence-corrected chi connectivity index (χ3v) is 2.76. The molecular weight excluding hydrogens is 196 g/mol. The summed E-state index contributed by atoms with van der Waals surface area (Å²) in [6, 6.07) is 10.5. The number of aromatic nitrogens is 1. The number of nitrogens with two attached hydrogens (primary N) is 1. The van der Waals surface area contributed by atoms with E-state index < -0.39 is 0 Å². The molecule has 2 nitrogen and oxygen atoms in total. The summed E-state index contributed by atoms with van der Waals surface area (Å²) in [7, 11) is 0. The number of hydrogen-bond donors (Lipinski definition) is 1. The summed E-state index contributed by atoms with van der Waals surface area (Å²) in [6.45, 7) is 4.70. The molecule has 0 spiro atoms. The van der Waals surface area contributed by atoms with Crippen LogP contribution in [0.4, 0.5) is 0 Å². The number of rotatable bonds is 2. The maximum Gasteiger partial charge on any atom is 0.0617 e. The molecule has 82 valence electrons. The lowest BCUT2D eigenvalue weighted by atomic mass is 9.97. The summed E-state index contributed by atoms with van der Waals surface area (Å²) < 4.78 is 0. The molecule has 0 unspecified atom stereocenters. The Kier molecular flexibility index (Phi) is 3.02. The van der Waals surface area contributed by atoms with Crippen LogP contribution in [0, 0.1) is 13.8 Å². The van der Waals surface area contributed by atoms with Crippen molar-refractivity contribution in [1.82, 2.24) is 4.98 Å². The van der Waals surface area contributed by atoms with Crippen molar-refractivity contribution in [2.45, 2.75) is 20.4 Å². The standard InChI is InChI=1S/C14H16N2/c1-10-5-6-12(11(2)8-10)13-4-3-7-16-14(13)9-15/h3-8H,9,15H2,1-2H3. The zero-order valence-electron chi connectivity index (χ0n) is 9.70. The minimum atomic E-state index is 0.476. The van der Waals surface area contributed by atoms with E-state index in [4.69, 9.17) is 5.73 Å². The van der Waals surface area contributed by atoms with E-state index in [0.717, 1.165) is 11.3 Å². The minimum absolute atomic E-state index is 0.476. The molecule has 16 heavy (non-hydrogen) atoms. The Balaban J connectivity index is 2.58. The molecule has 2 N–H and O–H groups in total. The monoisotopic (exact) mass is 212 g/mol. The number of benzene rings is 1. The SMILES string of the molecule is Cc1ccc(-c2cccnc2CN)c(C)c1. The highest BCUT2D eigenvalue weighted by molar-refractivity contribution is 5.69. The van der Waals surface area contributed by atoms with E-state index in [9.17, 15) is 0 Å². The fourth-order valence-electron chi connectivity index (χ4n) is 1.96. The maximum atomic E-state index is 5.71. The van der Waals surface area contributed by atoms with Gasteiger partial charge in [-0.3, -0.25) is 4.98 Å². The first-order valence-corrected chi connectivity index (χ1v) is 5.44. The van der Waals surface area contributed by atoms with E-state index in [1.165, 1.54) is 16.7 Å². The molecule has 0 aliphatic rings. The van der Waals surface area contributed by atoms with Gasteiger partial charge in [0, 0.05) is 18.3 Å². The molecule has 0 saturated heterocycles. The molecule has 0 aliphatic carbocycles. The quantitative estimate of drug-likeness (QED) is 0.831. The number of nitrogens with zero attached hydrogens (tertiary/aromatic N) is 1. The minimum Gasteiger partial charge on any atom is -0.325 e. The van der Waals surface area contributed by atoms with Gasteiger partial charge in [-0.25, -0.2) is 0 Å². The summed E-state index contributed by atoms with van der Waals surface area (Å²) in [5.74, 6) is 0. The fourth-order valence-corrected chi connectivity index (χ4v) is 1.96. The van der Waals surface area contributed by atoms with Gasteiger partial charge in [-0.15, -0.1) is 0 Å². The van der Waals surface area contributed by atoms with Gasteiger partial charge >= 0.3 is 0 Å². The van der Waals surface area contributed by atoms with Crippen LogP contribution in [-0.4, -0.2) is 4.98 Å². The van der Waals surface area contributed by atoms with Gasteiger partial charge in [0.05, 0.1) is 5.69 Å². The Morgan fingerprint density at radius 2 is 1.94 bits per heavy atom. The lowest BCUT2D eigenvalue weighted by molar-refractivity contribution is 0.993. The zero-order chi connectivity index (χ0) is 11.5. The van der Waals surface area contributed by atoms with Gasteiger partial charge < -0.3 is 5.73 Å². The first-order chi connectivity index (χ1) is 7.72. The van der Waals surface area contributed by atoms with Crippen molar-refractivity contribution in [3.05, 3.63) is 53.3 Å². The number of aryl methyl sites for hydroxylation is 2. The Labute approximate surface area is 96.1 Å². The van der Waals surface area contributed by atoms with Gasteiger partial charge in [-0.1, -0.05) is 29.8 Å². The second-order valence-corrected chi connectivity index (χ2v) is 4.02. The molecule has 0 bridgehead atoms. The van der Waals surface area contributed by atoms with E-state index >= 15 is 0 Å². The molecule has 2 rings (SSSR count). The van der Waals surface area contributed by atoms with Crippen LogP contribution >= 0.6 is 0 Å². The van der Waals surface area contributed by atoms with E-state index in [-0.39, 0.29) is 0 Å². The van der Waals surface area contributed by atoms with Crippen molar-refractivity contribution in [3.63, 3.8) is 0 Å². The molecule has 0 radical (unpaired) electrons. The Bertz CT molecular complexity index is 504. The van der Waals surface area contributed by atoms with Gasteiger partial charge in [-0.05, 0) is 31.0 Å². The van der Waals surface area contributed by atoms with Gasteiger partial charge in [0.1, 0.15) is 0 Å². The fraction of sp³-hybridized carbons (Fsp3) is 0.214. The van der Waals surface area contributed by atoms with Crippen LogP contribution in [0.2, 0.25) is 0 Å². The summed E-state index contributed by atoms with van der Waals surface area (Å²) in [5, 5.41) is 0. The lowest BCUT2D eigenvalue weighted by Crippen LogP contribution is -2.02. The van der Waals surface area contributed by atoms with Crippen LogP contribution in [0.1, 0.15) is 16.8 Å². The van der Waals surface area contributed by atoms with Crippen molar-refractivity contribution in [3.8, 4) is 11.1 Å². The number of hydrogen-bond acceptors (Lipinski definition) is 2. The normalized spacial score (nSPS) is 10.4. The van der Waals surface area contributed by atoms with Crippen molar-refractivity contribution in [2.75, 3.05) is 0 Å². The highest BCUT2D eigenvalue weighted by Crippen LogP contribution is 2.26. The predicted octanol–water partition coefficient (Wildman–Crippen LogP) is 2.82. The topological polar surface area (TPSA) is 38.9 Å². The highest BCUT2D eigenvalue weighted by atomic mass is 14.7. The lowest BCUT2D eigenvalue weighted by Gasteiger charge is -2.10. The first-order valence-electron chi connectivity index (χ1n) is 5.44. The Morgan fingerprint density at radius 1 is 1.12 bits per heavy atom. The van der Waals surface area contributed by atoms with Crippen LogP contribution < -0.4 is 5.73 Å². The average Bonchev–Trinajstić information content (AvgIpc) is 2.29. The molecule has 1 aromatic carbocycles. The molecule has 1 aromatic heterocycles.